The summed E-state index contributed by atoms with van der Waals surface area (Å²) in [7, 11) is 0. The minimum absolute atomic E-state index is 0. The average Bonchev–Trinajstić information content (AvgIpc) is 2.96. The van der Waals surface area contributed by atoms with Crippen molar-refractivity contribution < 1.29 is 4.79 Å². The highest BCUT2D eigenvalue weighted by molar-refractivity contribution is 14.0. The minimum atomic E-state index is -0.179. The summed E-state index contributed by atoms with van der Waals surface area (Å²) >= 11 is 1.74. The first-order valence-electron chi connectivity index (χ1n) is 7.44. The molecule has 8 heteroatoms. The molecule has 0 atom stereocenters. The SMILES string of the molecule is CCNC(=NCC(=O)Nc1cccnc1)NCc1ccc(C)s1.I. The fraction of sp³-hybridized carbons (Fsp3) is 0.312. The molecule has 2 aromatic heterocycles. The highest BCUT2D eigenvalue weighted by Crippen LogP contribution is 2.14. The van der Waals surface area contributed by atoms with Crippen molar-refractivity contribution >= 4 is 52.9 Å². The van der Waals surface area contributed by atoms with E-state index in [2.05, 4.69) is 45.0 Å². The fourth-order valence-electron chi connectivity index (χ4n) is 1.88. The van der Waals surface area contributed by atoms with Crippen molar-refractivity contribution in [1.82, 2.24) is 15.6 Å². The third-order valence-corrected chi connectivity index (χ3v) is 3.90. The second kappa shape index (κ2) is 11.0. The monoisotopic (exact) mass is 459 g/mol. The van der Waals surface area contributed by atoms with E-state index in [1.165, 1.54) is 9.75 Å². The van der Waals surface area contributed by atoms with E-state index in [0.29, 0.717) is 18.2 Å². The number of aromatic nitrogens is 1. The number of anilines is 1. The second-order valence-electron chi connectivity index (χ2n) is 4.85. The van der Waals surface area contributed by atoms with E-state index in [1.54, 1.807) is 35.9 Å². The number of guanidine groups is 1. The molecule has 130 valence electrons. The molecule has 2 rings (SSSR count). The number of halogens is 1. The second-order valence-corrected chi connectivity index (χ2v) is 6.22. The molecule has 0 spiro atoms. The molecular formula is C16H22IN5OS. The Hall–Kier alpha value is -1.68. The fourth-order valence-corrected chi connectivity index (χ4v) is 2.71. The predicted octanol–water partition coefficient (Wildman–Crippen LogP) is 2.76. The molecule has 24 heavy (non-hydrogen) atoms. The first-order valence-corrected chi connectivity index (χ1v) is 8.26. The summed E-state index contributed by atoms with van der Waals surface area (Å²) in [5.41, 5.74) is 0.666. The van der Waals surface area contributed by atoms with E-state index in [1.807, 2.05) is 6.92 Å². The van der Waals surface area contributed by atoms with Gasteiger partial charge >= 0.3 is 0 Å². The first-order chi connectivity index (χ1) is 11.2. The van der Waals surface area contributed by atoms with Gasteiger partial charge in [-0.3, -0.25) is 9.78 Å². The third kappa shape index (κ3) is 7.26. The van der Waals surface area contributed by atoms with Crippen LogP contribution in [-0.4, -0.2) is 29.9 Å². The van der Waals surface area contributed by atoms with Gasteiger partial charge in [-0.1, -0.05) is 0 Å². The number of hydrogen-bond donors (Lipinski definition) is 3. The lowest BCUT2D eigenvalue weighted by molar-refractivity contribution is -0.114. The number of rotatable bonds is 6. The van der Waals surface area contributed by atoms with Gasteiger partial charge in [0.15, 0.2) is 5.96 Å². The molecule has 0 bridgehead atoms. The van der Waals surface area contributed by atoms with Crippen molar-refractivity contribution in [2.75, 3.05) is 18.4 Å². The van der Waals surface area contributed by atoms with Crippen LogP contribution >= 0.6 is 35.3 Å². The van der Waals surface area contributed by atoms with Gasteiger partial charge in [0.2, 0.25) is 5.91 Å². The number of thiophene rings is 1. The summed E-state index contributed by atoms with van der Waals surface area (Å²) in [5, 5.41) is 9.11. The summed E-state index contributed by atoms with van der Waals surface area (Å²) in [6.07, 6.45) is 3.26. The number of hydrogen-bond acceptors (Lipinski definition) is 4. The van der Waals surface area contributed by atoms with Gasteiger partial charge in [-0.15, -0.1) is 35.3 Å². The molecule has 0 unspecified atom stereocenters. The Morgan fingerprint density at radius 2 is 2.12 bits per heavy atom. The number of nitrogens with zero attached hydrogens (tertiary/aromatic N) is 2. The van der Waals surface area contributed by atoms with Crippen LogP contribution in [0.2, 0.25) is 0 Å². The number of carbonyl (C=O) groups excluding carboxylic acids is 1. The molecule has 1 amide bonds. The molecule has 0 saturated heterocycles. The largest absolute Gasteiger partial charge is 0.357 e. The Morgan fingerprint density at radius 1 is 1.29 bits per heavy atom. The van der Waals surface area contributed by atoms with Gasteiger partial charge in [0.25, 0.3) is 0 Å². The Morgan fingerprint density at radius 3 is 2.75 bits per heavy atom. The molecule has 0 aliphatic rings. The summed E-state index contributed by atoms with van der Waals surface area (Å²) < 4.78 is 0. The Bertz CT molecular complexity index is 659. The van der Waals surface area contributed by atoms with Crippen LogP contribution in [0.25, 0.3) is 0 Å². The van der Waals surface area contributed by atoms with Crippen molar-refractivity contribution in [3.8, 4) is 0 Å². The lowest BCUT2D eigenvalue weighted by Gasteiger charge is -2.10. The molecule has 2 heterocycles. The van der Waals surface area contributed by atoms with E-state index >= 15 is 0 Å². The highest BCUT2D eigenvalue weighted by Gasteiger charge is 2.04. The zero-order valence-electron chi connectivity index (χ0n) is 13.7. The van der Waals surface area contributed by atoms with E-state index in [-0.39, 0.29) is 36.4 Å². The van der Waals surface area contributed by atoms with Gasteiger partial charge < -0.3 is 16.0 Å². The molecular weight excluding hydrogens is 437 g/mol. The van der Waals surface area contributed by atoms with Crippen LogP contribution < -0.4 is 16.0 Å². The van der Waals surface area contributed by atoms with Crippen molar-refractivity contribution in [1.29, 1.82) is 0 Å². The Kier molecular flexibility index (Phi) is 9.31. The van der Waals surface area contributed by atoms with Gasteiger partial charge in [0.05, 0.1) is 18.4 Å². The molecule has 2 aromatic rings. The number of aliphatic imine (C=N–C) groups is 1. The molecule has 3 N–H and O–H groups in total. The van der Waals surface area contributed by atoms with Crippen LogP contribution in [-0.2, 0) is 11.3 Å². The molecule has 0 aromatic carbocycles. The normalized spacial score (nSPS) is 10.7. The first kappa shape index (κ1) is 20.4. The molecule has 6 nitrogen and oxygen atoms in total. The van der Waals surface area contributed by atoms with Crippen LogP contribution in [0.3, 0.4) is 0 Å². The average molecular weight is 459 g/mol. The highest BCUT2D eigenvalue weighted by atomic mass is 127. The van der Waals surface area contributed by atoms with Crippen LogP contribution in [0.15, 0.2) is 41.7 Å². The zero-order chi connectivity index (χ0) is 16.5. The van der Waals surface area contributed by atoms with Crippen LogP contribution in [0.1, 0.15) is 16.7 Å². The molecule has 0 fully saturated rings. The van der Waals surface area contributed by atoms with Gasteiger partial charge in [-0.05, 0) is 38.1 Å². The van der Waals surface area contributed by atoms with E-state index in [4.69, 9.17) is 0 Å². The van der Waals surface area contributed by atoms with Crippen LogP contribution in [0, 0.1) is 6.92 Å². The maximum Gasteiger partial charge on any atom is 0.246 e. The van der Waals surface area contributed by atoms with Crippen molar-refractivity contribution in [3.05, 3.63) is 46.4 Å². The van der Waals surface area contributed by atoms with Crippen molar-refractivity contribution in [3.63, 3.8) is 0 Å². The number of carbonyl (C=O) groups is 1. The van der Waals surface area contributed by atoms with Crippen LogP contribution in [0.4, 0.5) is 5.69 Å². The summed E-state index contributed by atoms with van der Waals surface area (Å²) in [4.78, 5) is 22.7. The van der Waals surface area contributed by atoms with Gasteiger partial charge in [-0.25, -0.2) is 4.99 Å². The summed E-state index contributed by atoms with van der Waals surface area (Å²) in [5.74, 6) is 0.446. The van der Waals surface area contributed by atoms with Crippen molar-refractivity contribution in [2.45, 2.75) is 20.4 Å². The van der Waals surface area contributed by atoms with E-state index in [0.717, 1.165) is 6.54 Å². The Labute approximate surface area is 163 Å². The van der Waals surface area contributed by atoms with Gasteiger partial charge in [0, 0.05) is 22.5 Å². The summed E-state index contributed by atoms with van der Waals surface area (Å²) in [6, 6.07) is 7.74. The number of amides is 1. The van der Waals surface area contributed by atoms with E-state index in [9.17, 15) is 4.79 Å². The van der Waals surface area contributed by atoms with Gasteiger partial charge in [-0.2, -0.15) is 0 Å². The van der Waals surface area contributed by atoms with Gasteiger partial charge in [0.1, 0.15) is 6.54 Å². The van der Waals surface area contributed by atoms with Crippen LogP contribution in [0.5, 0.6) is 0 Å². The Balaban J connectivity index is 0.00000288. The third-order valence-electron chi connectivity index (χ3n) is 2.90. The predicted molar refractivity (Wildman–Crippen MR) is 110 cm³/mol. The summed E-state index contributed by atoms with van der Waals surface area (Å²) in [6.45, 7) is 5.54. The standard InChI is InChI=1S/C16H21N5OS.HI/c1-3-18-16(19-10-14-7-6-12(2)23-14)20-11-15(22)21-13-5-4-8-17-9-13;/h4-9H,3,10-11H2,1-2H3,(H,21,22)(H2,18,19,20);1H. The topological polar surface area (TPSA) is 78.4 Å². The van der Waals surface area contributed by atoms with Crippen molar-refractivity contribution in [2.24, 2.45) is 4.99 Å². The molecule has 0 aliphatic heterocycles. The maximum absolute atomic E-state index is 11.9. The maximum atomic E-state index is 11.9. The number of nitrogens with one attached hydrogen (secondary N) is 3. The zero-order valence-corrected chi connectivity index (χ0v) is 16.9. The lowest BCUT2D eigenvalue weighted by Crippen LogP contribution is -2.37. The molecule has 0 radical (unpaired) electrons. The lowest BCUT2D eigenvalue weighted by atomic mass is 10.4. The smallest absolute Gasteiger partial charge is 0.246 e. The molecule has 0 saturated carbocycles. The van der Waals surface area contributed by atoms with E-state index < -0.39 is 0 Å². The number of aryl methyl sites for hydroxylation is 1. The number of pyridine rings is 1. The minimum Gasteiger partial charge on any atom is -0.357 e. The quantitative estimate of drug-likeness (QED) is 0.353. The molecule has 0 aliphatic carbocycles.